The molecule has 0 radical (unpaired) electrons. The minimum absolute atomic E-state index is 0.364. The van der Waals surface area contributed by atoms with Crippen LogP contribution in [0.2, 0.25) is 0 Å². The third-order valence-corrected chi connectivity index (χ3v) is 4.76. The van der Waals surface area contributed by atoms with Crippen molar-refractivity contribution in [1.29, 1.82) is 5.26 Å². The monoisotopic (exact) mass is 336 g/mol. The minimum atomic E-state index is 0.364. The van der Waals surface area contributed by atoms with Crippen LogP contribution in [-0.2, 0) is 6.61 Å². The lowest BCUT2D eigenvalue weighted by molar-refractivity contribution is 0.303. The molecule has 0 saturated carbocycles. The van der Waals surface area contributed by atoms with Crippen LogP contribution in [0.1, 0.15) is 36.0 Å². The summed E-state index contributed by atoms with van der Waals surface area (Å²) in [6.07, 6.45) is 3.67. The van der Waals surface area contributed by atoms with Crippen LogP contribution in [0.15, 0.2) is 48.5 Å². The molecule has 122 valence electrons. The quantitative estimate of drug-likeness (QED) is 0.780. The van der Waals surface area contributed by atoms with Crippen LogP contribution in [0.5, 0.6) is 5.75 Å². The van der Waals surface area contributed by atoms with Crippen LogP contribution in [0.4, 0.5) is 0 Å². The summed E-state index contributed by atoms with van der Waals surface area (Å²) >= 11 is 5.70. The summed E-state index contributed by atoms with van der Waals surface area (Å²) in [5.41, 5.74) is 2.50. The SMILES string of the molecule is N#Cc1ccccc1COc1ccccc1C(=S)N1CCCCC1. The summed E-state index contributed by atoms with van der Waals surface area (Å²) < 4.78 is 6.01. The largest absolute Gasteiger partial charge is 0.488 e. The zero-order valence-electron chi connectivity index (χ0n) is 13.6. The van der Waals surface area contributed by atoms with Gasteiger partial charge in [-0.3, -0.25) is 0 Å². The van der Waals surface area contributed by atoms with Gasteiger partial charge in [0.15, 0.2) is 0 Å². The lowest BCUT2D eigenvalue weighted by Crippen LogP contribution is -2.35. The van der Waals surface area contributed by atoms with Gasteiger partial charge in [0.05, 0.1) is 17.2 Å². The Balaban J connectivity index is 1.77. The number of hydrogen-bond acceptors (Lipinski definition) is 3. The van der Waals surface area contributed by atoms with Crippen molar-refractivity contribution in [3.05, 3.63) is 65.2 Å². The maximum absolute atomic E-state index is 9.20. The van der Waals surface area contributed by atoms with E-state index >= 15 is 0 Å². The summed E-state index contributed by atoms with van der Waals surface area (Å²) in [6.45, 7) is 2.40. The minimum Gasteiger partial charge on any atom is -0.488 e. The van der Waals surface area contributed by atoms with Gasteiger partial charge < -0.3 is 9.64 Å². The van der Waals surface area contributed by atoms with Gasteiger partial charge in [-0.25, -0.2) is 0 Å². The molecule has 1 heterocycles. The maximum atomic E-state index is 9.20. The zero-order valence-corrected chi connectivity index (χ0v) is 14.4. The first-order valence-corrected chi connectivity index (χ1v) is 8.69. The van der Waals surface area contributed by atoms with E-state index < -0.39 is 0 Å². The fourth-order valence-electron chi connectivity index (χ4n) is 2.95. The molecule has 2 aromatic rings. The van der Waals surface area contributed by atoms with Crippen molar-refractivity contribution in [2.75, 3.05) is 13.1 Å². The van der Waals surface area contributed by atoms with Crippen LogP contribution in [0.3, 0.4) is 0 Å². The Kier molecular flexibility index (Phi) is 5.45. The highest BCUT2D eigenvalue weighted by Crippen LogP contribution is 2.24. The van der Waals surface area contributed by atoms with Crippen molar-refractivity contribution >= 4 is 17.2 Å². The first-order valence-electron chi connectivity index (χ1n) is 8.28. The summed E-state index contributed by atoms with van der Waals surface area (Å²) in [6, 6.07) is 17.6. The number of hydrogen-bond donors (Lipinski definition) is 0. The van der Waals surface area contributed by atoms with E-state index in [0.717, 1.165) is 35.0 Å². The van der Waals surface area contributed by atoms with Gasteiger partial charge in [-0.15, -0.1) is 0 Å². The molecular weight excluding hydrogens is 316 g/mol. The highest BCUT2D eigenvalue weighted by Gasteiger charge is 2.18. The molecule has 3 rings (SSSR count). The Morgan fingerprint density at radius 1 is 1.04 bits per heavy atom. The van der Waals surface area contributed by atoms with Crippen LogP contribution < -0.4 is 4.74 Å². The number of ether oxygens (including phenoxy) is 1. The maximum Gasteiger partial charge on any atom is 0.130 e. The van der Waals surface area contributed by atoms with E-state index in [1.54, 1.807) is 0 Å². The second-order valence-corrected chi connectivity index (χ2v) is 6.29. The van der Waals surface area contributed by atoms with E-state index in [1.807, 2.05) is 48.5 Å². The molecule has 4 heteroatoms. The van der Waals surface area contributed by atoms with E-state index in [9.17, 15) is 5.26 Å². The van der Waals surface area contributed by atoms with Gasteiger partial charge in [-0.05, 0) is 37.5 Å². The van der Waals surface area contributed by atoms with Gasteiger partial charge in [0, 0.05) is 18.7 Å². The number of piperidine rings is 1. The van der Waals surface area contributed by atoms with Gasteiger partial charge in [-0.1, -0.05) is 42.5 Å². The Morgan fingerprint density at radius 3 is 2.54 bits per heavy atom. The molecule has 24 heavy (non-hydrogen) atoms. The molecule has 1 aliphatic heterocycles. The molecule has 0 N–H and O–H groups in total. The molecule has 0 aromatic heterocycles. The van der Waals surface area contributed by atoms with Crippen molar-refractivity contribution in [1.82, 2.24) is 4.90 Å². The molecule has 2 aromatic carbocycles. The number of thiocarbonyl (C=S) groups is 1. The van der Waals surface area contributed by atoms with E-state index in [-0.39, 0.29) is 0 Å². The molecule has 1 aliphatic rings. The first-order chi connectivity index (χ1) is 11.8. The van der Waals surface area contributed by atoms with Crippen LogP contribution >= 0.6 is 12.2 Å². The number of rotatable bonds is 4. The highest BCUT2D eigenvalue weighted by atomic mass is 32.1. The van der Waals surface area contributed by atoms with E-state index in [1.165, 1.54) is 19.3 Å². The number of benzene rings is 2. The summed E-state index contributed by atoms with van der Waals surface area (Å²) in [4.78, 5) is 3.13. The fraction of sp³-hybridized carbons (Fsp3) is 0.300. The lowest BCUT2D eigenvalue weighted by Gasteiger charge is -2.29. The topological polar surface area (TPSA) is 36.3 Å². The predicted octanol–water partition coefficient (Wildman–Crippen LogP) is 4.30. The van der Waals surface area contributed by atoms with Gasteiger partial charge in [0.2, 0.25) is 0 Å². The molecule has 0 amide bonds. The normalized spacial score (nSPS) is 14.0. The Hall–Kier alpha value is -2.38. The van der Waals surface area contributed by atoms with Crippen molar-refractivity contribution < 1.29 is 4.74 Å². The van der Waals surface area contributed by atoms with E-state index in [4.69, 9.17) is 17.0 Å². The van der Waals surface area contributed by atoms with Crippen LogP contribution in [0.25, 0.3) is 0 Å². The van der Waals surface area contributed by atoms with Gasteiger partial charge in [0.1, 0.15) is 17.3 Å². The Morgan fingerprint density at radius 2 is 1.75 bits per heavy atom. The van der Waals surface area contributed by atoms with Crippen molar-refractivity contribution in [2.45, 2.75) is 25.9 Å². The fourth-order valence-corrected chi connectivity index (χ4v) is 3.30. The third kappa shape index (κ3) is 3.74. The second-order valence-electron chi connectivity index (χ2n) is 5.91. The smallest absolute Gasteiger partial charge is 0.130 e. The first kappa shape index (κ1) is 16.5. The van der Waals surface area contributed by atoms with E-state index in [2.05, 4.69) is 11.0 Å². The second kappa shape index (κ2) is 7.94. The molecule has 1 saturated heterocycles. The van der Waals surface area contributed by atoms with Crippen LogP contribution in [-0.4, -0.2) is 23.0 Å². The molecule has 0 atom stereocenters. The standard InChI is InChI=1S/C20H20N2OS/c21-14-16-8-2-3-9-17(16)15-23-19-11-5-4-10-18(19)20(24)22-12-6-1-7-13-22/h2-5,8-11H,1,6-7,12-13,15H2. The van der Waals surface area contributed by atoms with Crippen molar-refractivity contribution in [3.63, 3.8) is 0 Å². The average Bonchev–Trinajstić information content (AvgIpc) is 2.67. The zero-order chi connectivity index (χ0) is 16.8. The number of nitriles is 1. The van der Waals surface area contributed by atoms with Crippen molar-refractivity contribution in [3.8, 4) is 11.8 Å². The Bertz CT molecular complexity index is 760. The molecule has 0 aliphatic carbocycles. The lowest BCUT2D eigenvalue weighted by atomic mass is 10.1. The van der Waals surface area contributed by atoms with Gasteiger partial charge in [-0.2, -0.15) is 5.26 Å². The predicted molar refractivity (Wildman–Crippen MR) is 99.1 cm³/mol. The van der Waals surface area contributed by atoms with Gasteiger partial charge in [0.25, 0.3) is 0 Å². The number of likely N-dealkylation sites (tertiary alicyclic amines) is 1. The van der Waals surface area contributed by atoms with Gasteiger partial charge >= 0.3 is 0 Å². The van der Waals surface area contributed by atoms with Crippen molar-refractivity contribution in [2.24, 2.45) is 0 Å². The molecule has 0 bridgehead atoms. The number of para-hydroxylation sites is 1. The summed E-state index contributed by atoms with van der Waals surface area (Å²) in [5.74, 6) is 0.779. The Labute approximate surface area is 148 Å². The van der Waals surface area contributed by atoms with E-state index in [0.29, 0.717) is 12.2 Å². The molecular formula is C20H20N2OS. The summed E-state index contributed by atoms with van der Waals surface area (Å²) in [7, 11) is 0. The molecule has 0 spiro atoms. The molecule has 0 unspecified atom stereocenters. The third-order valence-electron chi connectivity index (χ3n) is 4.28. The molecule has 1 fully saturated rings. The summed E-state index contributed by atoms with van der Waals surface area (Å²) in [5, 5.41) is 9.20. The average molecular weight is 336 g/mol. The molecule has 3 nitrogen and oxygen atoms in total. The number of nitrogens with zero attached hydrogens (tertiary/aromatic N) is 2. The highest BCUT2D eigenvalue weighted by molar-refractivity contribution is 7.80. The van der Waals surface area contributed by atoms with Crippen LogP contribution in [0, 0.1) is 11.3 Å².